The molecular weight excluding hydrogens is 357 g/mol. The van der Waals surface area contributed by atoms with Crippen LogP contribution in [-0.4, -0.2) is 37.5 Å². The molecule has 0 amide bonds. The van der Waals surface area contributed by atoms with Crippen LogP contribution in [0.1, 0.15) is 18.0 Å². The number of rotatable bonds is 3. The Balaban J connectivity index is 1.60. The van der Waals surface area contributed by atoms with Crippen molar-refractivity contribution in [3.05, 3.63) is 78.5 Å². The third-order valence-corrected chi connectivity index (χ3v) is 5.15. The normalized spacial score (nSPS) is 19.4. The van der Waals surface area contributed by atoms with E-state index in [9.17, 15) is 9.50 Å². The summed E-state index contributed by atoms with van der Waals surface area (Å²) in [6.07, 6.45) is 3.35. The number of fused-ring (bicyclic) bond motifs is 1. The molecule has 0 unspecified atom stereocenters. The summed E-state index contributed by atoms with van der Waals surface area (Å²) in [6, 6.07) is 16.1. The van der Waals surface area contributed by atoms with E-state index in [4.69, 9.17) is 0 Å². The van der Waals surface area contributed by atoms with Gasteiger partial charge in [-0.1, -0.05) is 30.3 Å². The zero-order chi connectivity index (χ0) is 19.1. The third kappa shape index (κ3) is 2.80. The van der Waals surface area contributed by atoms with Gasteiger partial charge in [0.25, 0.3) is 0 Å². The van der Waals surface area contributed by atoms with Crippen LogP contribution in [0.4, 0.5) is 10.2 Å². The Bertz CT molecular complexity index is 1110. The maximum absolute atomic E-state index is 13.3. The second-order valence-electron chi connectivity index (χ2n) is 6.94. The first-order valence-corrected chi connectivity index (χ1v) is 9.15. The molecule has 0 bridgehead atoms. The van der Waals surface area contributed by atoms with E-state index in [1.807, 2.05) is 30.3 Å². The SMILES string of the molecule is O[C@H]1C[C@H](c2ccc(F)cc2)N(c2ncnc3c2cnn3-c2ccccc2)C1. The van der Waals surface area contributed by atoms with Crippen molar-refractivity contribution in [2.24, 2.45) is 0 Å². The molecule has 4 aromatic rings. The molecule has 1 fully saturated rings. The molecular formula is C21H18FN5O. The standard InChI is InChI=1S/C21H18FN5O/c22-15-8-6-14(7-9-15)19-10-17(28)12-26(19)20-18-11-25-27(21(18)24-13-23-20)16-4-2-1-3-5-16/h1-9,11,13,17,19,28H,10,12H2/t17-,19+/m0/s1. The van der Waals surface area contributed by atoms with E-state index < -0.39 is 6.10 Å². The molecule has 2 atom stereocenters. The number of para-hydroxylation sites is 1. The Labute approximate surface area is 160 Å². The van der Waals surface area contributed by atoms with Gasteiger partial charge >= 0.3 is 0 Å². The second-order valence-corrected chi connectivity index (χ2v) is 6.94. The Morgan fingerprint density at radius 2 is 1.79 bits per heavy atom. The molecule has 0 saturated carbocycles. The number of aromatic nitrogens is 4. The van der Waals surface area contributed by atoms with Gasteiger partial charge in [-0.3, -0.25) is 0 Å². The number of aliphatic hydroxyl groups excluding tert-OH is 1. The molecule has 1 aliphatic rings. The van der Waals surface area contributed by atoms with Crippen molar-refractivity contribution in [3.8, 4) is 5.69 Å². The van der Waals surface area contributed by atoms with E-state index in [0.29, 0.717) is 18.6 Å². The van der Waals surface area contributed by atoms with Gasteiger partial charge in [0, 0.05) is 6.54 Å². The molecule has 1 saturated heterocycles. The van der Waals surface area contributed by atoms with Crippen molar-refractivity contribution in [2.75, 3.05) is 11.4 Å². The average molecular weight is 375 g/mol. The lowest BCUT2D eigenvalue weighted by atomic mass is 10.0. The summed E-state index contributed by atoms with van der Waals surface area (Å²) in [5, 5.41) is 15.6. The van der Waals surface area contributed by atoms with Crippen molar-refractivity contribution in [1.29, 1.82) is 0 Å². The van der Waals surface area contributed by atoms with Gasteiger partial charge in [-0.15, -0.1) is 0 Å². The van der Waals surface area contributed by atoms with Crippen LogP contribution in [0.25, 0.3) is 16.7 Å². The highest BCUT2D eigenvalue weighted by molar-refractivity contribution is 5.88. The molecule has 28 heavy (non-hydrogen) atoms. The minimum Gasteiger partial charge on any atom is -0.391 e. The lowest BCUT2D eigenvalue weighted by Crippen LogP contribution is -2.25. The molecule has 1 N–H and O–H groups in total. The number of benzene rings is 2. The monoisotopic (exact) mass is 375 g/mol. The molecule has 3 heterocycles. The largest absolute Gasteiger partial charge is 0.391 e. The van der Waals surface area contributed by atoms with Crippen LogP contribution in [0, 0.1) is 5.82 Å². The first-order chi connectivity index (χ1) is 13.7. The zero-order valence-corrected chi connectivity index (χ0v) is 15.0. The predicted octanol–water partition coefficient (Wildman–Crippen LogP) is 3.27. The number of halogens is 1. The number of hydrogen-bond donors (Lipinski definition) is 1. The molecule has 0 radical (unpaired) electrons. The van der Waals surface area contributed by atoms with Crippen LogP contribution in [-0.2, 0) is 0 Å². The van der Waals surface area contributed by atoms with Crippen molar-refractivity contribution in [2.45, 2.75) is 18.6 Å². The molecule has 140 valence electrons. The van der Waals surface area contributed by atoms with Gasteiger partial charge in [-0.25, -0.2) is 19.0 Å². The number of hydrogen-bond acceptors (Lipinski definition) is 5. The summed E-state index contributed by atoms with van der Waals surface area (Å²) in [6.45, 7) is 0.449. The van der Waals surface area contributed by atoms with E-state index in [1.165, 1.54) is 18.5 Å². The summed E-state index contributed by atoms with van der Waals surface area (Å²) in [4.78, 5) is 11.0. The van der Waals surface area contributed by atoms with Gasteiger partial charge in [0.15, 0.2) is 5.65 Å². The number of aliphatic hydroxyl groups is 1. The van der Waals surface area contributed by atoms with E-state index in [2.05, 4.69) is 20.0 Å². The summed E-state index contributed by atoms with van der Waals surface area (Å²) >= 11 is 0. The van der Waals surface area contributed by atoms with Crippen LogP contribution in [0.5, 0.6) is 0 Å². The summed E-state index contributed by atoms with van der Waals surface area (Å²) < 4.78 is 15.1. The number of nitrogens with zero attached hydrogens (tertiary/aromatic N) is 5. The van der Waals surface area contributed by atoms with Crippen molar-refractivity contribution in [3.63, 3.8) is 0 Å². The molecule has 1 aliphatic heterocycles. The Kier molecular flexibility index (Phi) is 4.02. The fourth-order valence-electron chi connectivity index (χ4n) is 3.87. The van der Waals surface area contributed by atoms with Gasteiger partial charge in [0.05, 0.1) is 29.4 Å². The fraction of sp³-hybridized carbons (Fsp3) is 0.190. The fourth-order valence-corrected chi connectivity index (χ4v) is 3.87. The Morgan fingerprint density at radius 3 is 2.57 bits per heavy atom. The summed E-state index contributed by atoms with van der Waals surface area (Å²) in [5.41, 5.74) is 2.56. The predicted molar refractivity (Wildman–Crippen MR) is 104 cm³/mol. The quantitative estimate of drug-likeness (QED) is 0.595. The van der Waals surface area contributed by atoms with Crippen LogP contribution in [0.2, 0.25) is 0 Å². The Hall–Kier alpha value is -3.32. The second kappa shape index (κ2) is 6.69. The van der Waals surface area contributed by atoms with Crippen LogP contribution in [0.3, 0.4) is 0 Å². The number of β-amino-alcohol motifs (C(OH)–C–C–N with tert-alkyl or cyclic N) is 1. The first kappa shape index (κ1) is 16.8. The summed E-state index contributed by atoms with van der Waals surface area (Å²) in [5.74, 6) is 0.445. The lowest BCUT2D eigenvalue weighted by Gasteiger charge is -2.26. The first-order valence-electron chi connectivity index (χ1n) is 9.15. The average Bonchev–Trinajstić information content (AvgIpc) is 3.33. The minimum atomic E-state index is -0.482. The molecule has 7 heteroatoms. The highest BCUT2D eigenvalue weighted by Crippen LogP contribution is 2.38. The highest BCUT2D eigenvalue weighted by atomic mass is 19.1. The molecule has 2 aromatic carbocycles. The number of anilines is 1. The molecule has 2 aromatic heterocycles. The van der Waals surface area contributed by atoms with Crippen LogP contribution >= 0.6 is 0 Å². The van der Waals surface area contributed by atoms with Gasteiger partial charge < -0.3 is 10.0 Å². The van der Waals surface area contributed by atoms with Gasteiger partial charge in [-0.05, 0) is 36.2 Å². The van der Waals surface area contributed by atoms with Gasteiger partial charge in [0.1, 0.15) is 18.0 Å². The topological polar surface area (TPSA) is 67.1 Å². The van der Waals surface area contributed by atoms with Crippen molar-refractivity contribution < 1.29 is 9.50 Å². The lowest BCUT2D eigenvalue weighted by molar-refractivity contribution is 0.194. The minimum absolute atomic E-state index is 0.0891. The zero-order valence-electron chi connectivity index (χ0n) is 15.0. The molecule has 0 aliphatic carbocycles. The summed E-state index contributed by atoms with van der Waals surface area (Å²) in [7, 11) is 0. The molecule has 6 nitrogen and oxygen atoms in total. The van der Waals surface area contributed by atoms with Crippen molar-refractivity contribution >= 4 is 16.9 Å². The maximum Gasteiger partial charge on any atom is 0.168 e. The van der Waals surface area contributed by atoms with Crippen LogP contribution in [0.15, 0.2) is 67.1 Å². The Morgan fingerprint density at radius 1 is 1.00 bits per heavy atom. The van der Waals surface area contributed by atoms with Gasteiger partial charge in [-0.2, -0.15) is 5.10 Å². The van der Waals surface area contributed by atoms with Crippen LogP contribution < -0.4 is 4.90 Å². The smallest absolute Gasteiger partial charge is 0.168 e. The van der Waals surface area contributed by atoms with Crippen molar-refractivity contribution in [1.82, 2.24) is 19.7 Å². The third-order valence-electron chi connectivity index (χ3n) is 5.15. The molecule has 0 spiro atoms. The highest BCUT2D eigenvalue weighted by Gasteiger charge is 2.34. The van der Waals surface area contributed by atoms with E-state index in [0.717, 1.165) is 22.5 Å². The van der Waals surface area contributed by atoms with Gasteiger partial charge in [0.2, 0.25) is 0 Å². The van der Waals surface area contributed by atoms with E-state index in [-0.39, 0.29) is 11.9 Å². The maximum atomic E-state index is 13.3. The van der Waals surface area contributed by atoms with E-state index in [1.54, 1.807) is 23.0 Å². The van der Waals surface area contributed by atoms with E-state index >= 15 is 0 Å². The molecule has 5 rings (SSSR count).